The maximum absolute atomic E-state index is 7.52. The summed E-state index contributed by atoms with van der Waals surface area (Å²) >= 11 is 0. The minimum atomic E-state index is 0.126. The Kier molecular flexibility index (Phi) is 3.72. The molecule has 0 fully saturated rings. The standard InChI is InChI=1S/C12H19N3/c1-4-9(2)15(3)11-8-6-5-7-10(11)12(13)14/h5-9H,4H2,1-3H3,(H3,13,14). The van der Waals surface area contributed by atoms with E-state index in [0.717, 1.165) is 17.7 Å². The molecule has 1 atom stereocenters. The fourth-order valence-electron chi connectivity index (χ4n) is 1.52. The molecule has 3 nitrogen and oxygen atoms in total. The number of benzene rings is 1. The number of hydrogen-bond acceptors (Lipinski definition) is 2. The molecule has 0 aromatic heterocycles. The molecule has 0 bridgehead atoms. The molecule has 3 heteroatoms. The second-order valence-corrected chi connectivity index (χ2v) is 3.80. The van der Waals surface area contributed by atoms with Gasteiger partial charge in [0.05, 0.1) is 0 Å². The SMILES string of the molecule is CCC(C)N(C)c1ccccc1C(=N)N. The number of amidine groups is 1. The van der Waals surface area contributed by atoms with E-state index in [4.69, 9.17) is 11.1 Å². The molecule has 1 unspecified atom stereocenters. The first-order chi connectivity index (χ1) is 7.07. The van der Waals surface area contributed by atoms with Crippen LogP contribution in [0.1, 0.15) is 25.8 Å². The van der Waals surface area contributed by atoms with Crippen molar-refractivity contribution in [1.82, 2.24) is 0 Å². The monoisotopic (exact) mass is 205 g/mol. The summed E-state index contributed by atoms with van der Waals surface area (Å²) in [6.45, 7) is 4.31. The van der Waals surface area contributed by atoms with Crippen molar-refractivity contribution in [2.45, 2.75) is 26.3 Å². The number of nitrogen functional groups attached to an aromatic ring is 1. The van der Waals surface area contributed by atoms with Crippen LogP contribution in [-0.2, 0) is 0 Å². The van der Waals surface area contributed by atoms with Crippen molar-refractivity contribution in [2.75, 3.05) is 11.9 Å². The van der Waals surface area contributed by atoms with Crippen LogP contribution < -0.4 is 10.6 Å². The number of anilines is 1. The van der Waals surface area contributed by atoms with Gasteiger partial charge in [-0.05, 0) is 25.5 Å². The Morgan fingerprint density at radius 3 is 2.60 bits per heavy atom. The van der Waals surface area contributed by atoms with Gasteiger partial charge in [0.1, 0.15) is 5.84 Å². The molecule has 0 amide bonds. The zero-order chi connectivity index (χ0) is 11.4. The molecular formula is C12H19N3. The van der Waals surface area contributed by atoms with Crippen LogP contribution in [0.5, 0.6) is 0 Å². The summed E-state index contributed by atoms with van der Waals surface area (Å²) in [5.74, 6) is 0.126. The molecule has 1 rings (SSSR count). The zero-order valence-electron chi connectivity index (χ0n) is 9.62. The van der Waals surface area contributed by atoms with E-state index in [1.54, 1.807) is 0 Å². The van der Waals surface area contributed by atoms with E-state index in [-0.39, 0.29) is 5.84 Å². The lowest BCUT2D eigenvalue weighted by atomic mass is 10.1. The van der Waals surface area contributed by atoms with Crippen LogP contribution in [0.15, 0.2) is 24.3 Å². The number of nitrogens with two attached hydrogens (primary N) is 1. The van der Waals surface area contributed by atoms with Crippen LogP contribution in [-0.4, -0.2) is 18.9 Å². The van der Waals surface area contributed by atoms with Crippen LogP contribution in [0.2, 0.25) is 0 Å². The second-order valence-electron chi connectivity index (χ2n) is 3.80. The summed E-state index contributed by atoms with van der Waals surface area (Å²) in [6.07, 6.45) is 1.07. The average molecular weight is 205 g/mol. The average Bonchev–Trinajstić information content (AvgIpc) is 2.27. The number of hydrogen-bond donors (Lipinski definition) is 2. The Balaban J connectivity index is 3.07. The molecule has 0 radical (unpaired) electrons. The summed E-state index contributed by atoms with van der Waals surface area (Å²) in [4.78, 5) is 2.16. The van der Waals surface area contributed by atoms with Crippen LogP contribution >= 0.6 is 0 Å². The number of para-hydroxylation sites is 1. The molecular weight excluding hydrogens is 186 g/mol. The van der Waals surface area contributed by atoms with Gasteiger partial charge >= 0.3 is 0 Å². The first-order valence-electron chi connectivity index (χ1n) is 5.24. The van der Waals surface area contributed by atoms with Crippen molar-refractivity contribution in [3.05, 3.63) is 29.8 Å². The van der Waals surface area contributed by atoms with Gasteiger partial charge in [-0.2, -0.15) is 0 Å². The third kappa shape index (κ3) is 2.49. The molecule has 0 saturated carbocycles. The van der Waals surface area contributed by atoms with E-state index in [2.05, 4.69) is 18.7 Å². The van der Waals surface area contributed by atoms with Gasteiger partial charge in [-0.1, -0.05) is 19.1 Å². The highest BCUT2D eigenvalue weighted by Gasteiger charge is 2.12. The fourth-order valence-corrected chi connectivity index (χ4v) is 1.52. The molecule has 0 aliphatic rings. The van der Waals surface area contributed by atoms with Crippen molar-refractivity contribution in [2.24, 2.45) is 5.73 Å². The smallest absolute Gasteiger partial charge is 0.124 e. The predicted molar refractivity (Wildman–Crippen MR) is 65.6 cm³/mol. The van der Waals surface area contributed by atoms with E-state index in [9.17, 15) is 0 Å². The van der Waals surface area contributed by atoms with E-state index in [1.807, 2.05) is 31.3 Å². The lowest BCUT2D eigenvalue weighted by Gasteiger charge is -2.27. The first kappa shape index (κ1) is 11.6. The lowest BCUT2D eigenvalue weighted by Crippen LogP contribution is -2.30. The largest absolute Gasteiger partial charge is 0.384 e. The summed E-state index contributed by atoms with van der Waals surface area (Å²) in [7, 11) is 2.04. The Bertz CT molecular complexity index is 346. The Labute approximate surface area is 91.4 Å². The minimum Gasteiger partial charge on any atom is -0.384 e. The molecule has 0 saturated heterocycles. The quantitative estimate of drug-likeness (QED) is 0.585. The fraction of sp³-hybridized carbons (Fsp3) is 0.417. The maximum atomic E-state index is 7.52. The summed E-state index contributed by atoms with van der Waals surface area (Å²) in [5.41, 5.74) is 7.38. The van der Waals surface area contributed by atoms with Crippen molar-refractivity contribution in [1.29, 1.82) is 5.41 Å². The number of nitrogens with one attached hydrogen (secondary N) is 1. The highest BCUT2D eigenvalue weighted by atomic mass is 15.1. The van der Waals surface area contributed by atoms with Gasteiger partial charge in [0.15, 0.2) is 0 Å². The van der Waals surface area contributed by atoms with Crippen molar-refractivity contribution >= 4 is 11.5 Å². The third-order valence-electron chi connectivity index (χ3n) is 2.83. The predicted octanol–water partition coefficient (Wildman–Crippen LogP) is 2.21. The van der Waals surface area contributed by atoms with E-state index < -0.39 is 0 Å². The van der Waals surface area contributed by atoms with Gasteiger partial charge in [0.2, 0.25) is 0 Å². The normalized spacial score (nSPS) is 12.2. The first-order valence-corrected chi connectivity index (χ1v) is 5.24. The molecule has 0 aliphatic carbocycles. The van der Waals surface area contributed by atoms with Gasteiger partial charge in [0, 0.05) is 24.3 Å². The molecule has 0 aliphatic heterocycles. The summed E-state index contributed by atoms with van der Waals surface area (Å²) in [6, 6.07) is 8.22. The van der Waals surface area contributed by atoms with Crippen LogP contribution in [0.3, 0.4) is 0 Å². The molecule has 1 aromatic rings. The van der Waals surface area contributed by atoms with E-state index in [0.29, 0.717) is 6.04 Å². The third-order valence-corrected chi connectivity index (χ3v) is 2.83. The summed E-state index contributed by atoms with van der Waals surface area (Å²) < 4.78 is 0. The van der Waals surface area contributed by atoms with Crippen molar-refractivity contribution in [3.8, 4) is 0 Å². The number of nitrogens with zero attached hydrogens (tertiary/aromatic N) is 1. The van der Waals surface area contributed by atoms with Gasteiger partial charge in [-0.3, -0.25) is 5.41 Å². The van der Waals surface area contributed by atoms with Gasteiger partial charge in [-0.15, -0.1) is 0 Å². The highest BCUT2D eigenvalue weighted by Crippen LogP contribution is 2.21. The van der Waals surface area contributed by atoms with Crippen LogP contribution in [0.4, 0.5) is 5.69 Å². The maximum Gasteiger partial charge on any atom is 0.124 e. The van der Waals surface area contributed by atoms with Crippen LogP contribution in [0.25, 0.3) is 0 Å². The van der Waals surface area contributed by atoms with Crippen molar-refractivity contribution in [3.63, 3.8) is 0 Å². The Morgan fingerprint density at radius 1 is 1.47 bits per heavy atom. The zero-order valence-corrected chi connectivity index (χ0v) is 9.62. The molecule has 15 heavy (non-hydrogen) atoms. The van der Waals surface area contributed by atoms with E-state index >= 15 is 0 Å². The molecule has 0 spiro atoms. The highest BCUT2D eigenvalue weighted by molar-refractivity contribution is 6.00. The minimum absolute atomic E-state index is 0.126. The molecule has 3 N–H and O–H groups in total. The van der Waals surface area contributed by atoms with Crippen LogP contribution in [0, 0.1) is 5.41 Å². The second kappa shape index (κ2) is 4.82. The number of rotatable bonds is 4. The molecule has 82 valence electrons. The van der Waals surface area contributed by atoms with Gasteiger partial charge in [0.25, 0.3) is 0 Å². The lowest BCUT2D eigenvalue weighted by molar-refractivity contribution is 0.663. The van der Waals surface area contributed by atoms with Gasteiger partial charge < -0.3 is 10.6 Å². The van der Waals surface area contributed by atoms with Crippen molar-refractivity contribution < 1.29 is 0 Å². The van der Waals surface area contributed by atoms with Gasteiger partial charge in [-0.25, -0.2) is 0 Å². The Morgan fingerprint density at radius 2 is 2.07 bits per heavy atom. The topological polar surface area (TPSA) is 53.1 Å². The summed E-state index contributed by atoms with van der Waals surface area (Å²) in [5, 5.41) is 7.52. The molecule has 1 aromatic carbocycles. The van der Waals surface area contributed by atoms with E-state index in [1.165, 1.54) is 0 Å². The Hall–Kier alpha value is -1.51. The molecule has 0 heterocycles.